The van der Waals surface area contributed by atoms with Crippen LogP contribution in [0.1, 0.15) is 23.5 Å². The van der Waals surface area contributed by atoms with Crippen molar-refractivity contribution in [3.63, 3.8) is 0 Å². The van der Waals surface area contributed by atoms with Crippen molar-refractivity contribution in [2.24, 2.45) is 4.99 Å². The fraction of sp³-hybridized carbons (Fsp3) is 0.375. The minimum Gasteiger partial charge on any atom is -0.497 e. The molecule has 0 radical (unpaired) electrons. The van der Waals surface area contributed by atoms with Crippen LogP contribution in [0.25, 0.3) is 0 Å². The Morgan fingerprint density at radius 2 is 1.94 bits per heavy atom. The Morgan fingerprint density at radius 3 is 2.58 bits per heavy atom. The first kappa shape index (κ1) is 24.7. The van der Waals surface area contributed by atoms with Crippen LogP contribution in [0.5, 0.6) is 17.2 Å². The Morgan fingerprint density at radius 1 is 1.16 bits per heavy atom. The van der Waals surface area contributed by atoms with Crippen molar-refractivity contribution in [2.75, 3.05) is 41.0 Å². The molecule has 1 fully saturated rings. The summed E-state index contributed by atoms with van der Waals surface area (Å²) in [7, 11) is 5.12. The van der Waals surface area contributed by atoms with Crippen LogP contribution in [-0.4, -0.2) is 51.8 Å². The van der Waals surface area contributed by atoms with Gasteiger partial charge in [0.25, 0.3) is 0 Å². The first-order valence-corrected chi connectivity index (χ1v) is 10.0. The molecule has 7 heteroatoms. The molecule has 2 aromatic rings. The molecule has 1 unspecified atom stereocenters. The Bertz CT molecular complexity index is 909. The predicted octanol–water partition coefficient (Wildman–Crippen LogP) is 3.90. The molecule has 3 rings (SSSR count). The van der Waals surface area contributed by atoms with E-state index in [1.165, 1.54) is 5.56 Å². The molecule has 0 aromatic heterocycles. The quantitative estimate of drug-likeness (QED) is 0.252. The van der Waals surface area contributed by atoms with Crippen LogP contribution in [0, 0.1) is 12.3 Å². The summed E-state index contributed by atoms with van der Waals surface area (Å²) in [5.74, 6) is 6.06. The first-order valence-electron chi connectivity index (χ1n) is 10.0. The van der Waals surface area contributed by atoms with Crippen LogP contribution in [0.4, 0.5) is 0 Å². The lowest BCUT2D eigenvalue weighted by molar-refractivity contribution is 0.330. The van der Waals surface area contributed by atoms with Gasteiger partial charge in [-0.1, -0.05) is 24.1 Å². The van der Waals surface area contributed by atoms with Crippen LogP contribution in [-0.2, 0) is 6.54 Å². The molecule has 6 nitrogen and oxygen atoms in total. The molecule has 0 amide bonds. The number of nitrogens with one attached hydrogen (secondary N) is 1. The number of halogens is 1. The average molecular weight is 535 g/mol. The number of guanidine groups is 1. The average Bonchev–Trinajstić information content (AvgIpc) is 3.28. The second-order valence-electron chi connectivity index (χ2n) is 7.08. The molecular weight excluding hydrogens is 505 g/mol. The van der Waals surface area contributed by atoms with Crippen LogP contribution in [0.3, 0.4) is 0 Å². The fourth-order valence-electron chi connectivity index (χ4n) is 3.68. The van der Waals surface area contributed by atoms with Crippen molar-refractivity contribution in [1.29, 1.82) is 0 Å². The largest absolute Gasteiger partial charge is 0.497 e. The van der Waals surface area contributed by atoms with Crippen LogP contribution >= 0.6 is 24.0 Å². The molecule has 1 N–H and O–H groups in total. The monoisotopic (exact) mass is 535 g/mol. The number of methoxy groups -OCH3 is 2. The molecule has 1 aliphatic rings. The van der Waals surface area contributed by atoms with E-state index in [4.69, 9.17) is 20.6 Å². The molecule has 0 aliphatic carbocycles. The lowest BCUT2D eigenvalue weighted by Gasteiger charge is -2.22. The van der Waals surface area contributed by atoms with E-state index in [1.54, 1.807) is 14.2 Å². The summed E-state index contributed by atoms with van der Waals surface area (Å²) >= 11 is 0. The molecule has 1 heterocycles. The highest BCUT2D eigenvalue weighted by Crippen LogP contribution is 2.29. The molecule has 1 atom stereocenters. The number of nitrogens with zero attached hydrogens (tertiary/aromatic N) is 2. The number of hydrogen-bond donors (Lipinski definition) is 1. The summed E-state index contributed by atoms with van der Waals surface area (Å²) in [6.45, 7) is 2.74. The normalized spacial score (nSPS) is 15.6. The van der Waals surface area contributed by atoms with Gasteiger partial charge in [0.05, 0.1) is 14.2 Å². The highest BCUT2D eigenvalue weighted by Gasteiger charge is 2.26. The maximum absolute atomic E-state index is 5.59. The minimum atomic E-state index is 0. The highest BCUT2D eigenvalue weighted by atomic mass is 127. The van der Waals surface area contributed by atoms with Crippen LogP contribution in [0.15, 0.2) is 47.5 Å². The third kappa shape index (κ3) is 6.44. The zero-order valence-corrected chi connectivity index (χ0v) is 20.6. The maximum Gasteiger partial charge on any atom is 0.193 e. The lowest BCUT2D eigenvalue weighted by atomic mass is 9.98. The van der Waals surface area contributed by atoms with Crippen molar-refractivity contribution in [3.8, 4) is 29.6 Å². The molecule has 166 valence electrons. The molecule has 0 saturated carbocycles. The number of likely N-dealkylation sites (tertiary alicyclic amines) is 1. The fourth-order valence-corrected chi connectivity index (χ4v) is 3.68. The van der Waals surface area contributed by atoms with Gasteiger partial charge in [-0.2, -0.15) is 0 Å². The molecule has 31 heavy (non-hydrogen) atoms. The smallest absolute Gasteiger partial charge is 0.193 e. The maximum atomic E-state index is 5.59. The molecule has 0 bridgehead atoms. The van der Waals surface area contributed by atoms with E-state index in [9.17, 15) is 0 Å². The Hall–Kier alpha value is -2.60. The van der Waals surface area contributed by atoms with Gasteiger partial charge in [-0.05, 0) is 41.8 Å². The summed E-state index contributed by atoms with van der Waals surface area (Å²) < 4.78 is 16.2. The number of hydrogen-bond acceptors (Lipinski definition) is 4. The molecular formula is C24H30IN3O3. The van der Waals surface area contributed by atoms with E-state index in [2.05, 4.69) is 33.3 Å². The third-order valence-corrected chi connectivity index (χ3v) is 5.28. The van der Waals surface area contributed by atoms with Gasteiger partial charge in [0.1, 0.15) is 12.4 Å². The predicted molar refractivity (Wildman–Crippen MR) is 135 cm³/mol. The molecule has 1 saturated heterocycles. The summed E-state index contributed by atoms with van der Waals surface area (Å²) in [5.41, 5.74) is 2.40. The summed E-state index contributed by atoms with van der Waals surface area (Å²) in [5, 5.41) is 3.46. The van der Waals surface area contributed by atoms with E-state index < -0.39 is 0 Å². The Kier molecular flexibility index (Phi) is 9.79. The van der Waals surface area contributed by atoms with Gasteiger partial charge in [-0.15, -0.1) is 30.4 Å². The number of benzene rings is 2. The molecule has 2 aromatic carbocycles. The second-order valence-corrected chi connectivity index (χ2v) is 7.08. The summed E-state index contributed by atoms with van der Waals surface area (Å²) in [6, 6.07) is 14.2. The van der Waals surface area contributed by atoms with Crippen molar-refractivity contribution >= 4 is 29.9 Å². The van der Waals surface area contributed by atoms with E-state index >= 15 is 0 Å². The van der Waals surface area contributed by atoms with E-state index in [0.717, 1.165) is 36.8 Å². The van der Waals surface area contributed by atoms with Gasteiger partial charge >= 0.3 is 0 Å². The van der Waals surface area contributed by atoms with Gasteiger partial charge in [-0.3, -0.25) is 4.99 Å². The molecule has 1 aliphatic heterocycles. The van der Waals surface area contributed by atoms with Crippen molar-refractivity contribution in [1.82, 2.24) is 10.2 Å². The molecule has 0 spiro atoms. The van der Waals surface area contributed by atoms with Crippen LogP contribution < -0.4 is 19.5 Å². The number of aliphatic imine (C=N–C) groups is 1. The van der Waals surface area contributed by atoms with Crippen molar-refractivity contribution < 1.29 is 14.2 Å². The Balaban J connectivity index is 0.00000341. The van der Waals surface area contributed by atoms with E-state index in [0.29, 0.717) is 24.0 Å². The van der Waals surface area contributed by atoms with E-state index in [1.807, 2.05) is 37.4 Å². The van der Waals surface area contributed by atoms with Gasteiger partial charge in [0.15, 0.2) is 17.5 Å². The Labute approximate surface area is 202 Å². The summed E-state index contributed by atoms with van der Waals surface area (Å²) in [4.78, 5) is 6.78. The van der Waals surface area contributed by atoms with Crippen molar-refractivity contribution in [3.05, 3.63) is 53.6 Å². The first-order chi connectivity index (χ1) is 14.7. The zero-order valence-electron chi connectivity index (χ0n) is 18.3. The highest BCUT2D eigenvalue weighted by molar-refractivity contribution is 14.0. The topological polar surface area (TPSA) is 55.3 Å². The SMILES string of the molecule is C#CCOc1cc(CNC(=NC)N2CCC(c3ccc(OC)cc3)C2)ccc1OC.I. The number of terminal acetylenes is 1. The van der Waals surface area contributed by atoms with Gasteiger partial charge in [0.2, 0.25) is 0 Å². The second kappa shape index (κ2) is 12.3. The number of rotatable bonds is 7. The minimum absolute atomic E-state index is 0. The standard InChI is InChI=1S/C24H29N3O3.HI/c1-5-14-30-23-15-18(6-11-22(23)29-4)16-26-24(25-2)27-13-12-20(17-27)19-7-9-21(28-3)10-8-19;/h1,6-11,15,20H,12-14,16-17H2,2-4H3,(H,25,26);1H. The number of ether oxygens (including phenoxy) is 3. The van der Waals surface area contributed by atoms with Crippen LogP contribution in [0.2, 0.25) is 0 Å². The third-order valence-electron chi connectivity index (χ3n) is 5.28. The summed E-state index contributed by atoms with van der Waals surface area (Å²) in [6.07, 6.45) is 6.40. The lowest BCUT2D eigenvalue weighted by Crippen LogP contribution is -2.39. The zero-order chi connectivity index (χ0) is 21.3. The van der Waals surface area contributed by atoms with E-state index in [-0.39, 0.29) is 30.6 Å². The van der Waals surface area contributed by atoms with Crippen molar-refractivity contribution in [2.45, 2.75) is 18.9 Å². The van der Waals surface area contributed by atoms with Gasteiger partial charge in [0, 0.05) is 32.6 Å². The van der Waals surface area contributed by atoms with Gasteiger partial charge in [-0.25, -0.2) is 0 Å². The van der Waals surface area contributed by atoms with Gasteiger partial charge < -0.3 is 24.4 Å².